The molecule has 0 aromatic heterocycles. The van der Waals surface area contributed by atoms with E-state index in [1.807, 2.05) is 0 Å². The summed E-state index contributed by atoms with van der Waals surface area (Å²) < 4.78 is 4.80. The Morgan fingerprint density at radius 2 is 1.67 bits per heavy atom. The lowest BCUT2D eigenvalue weighted by molar-refractivity contribution is -0.227. The Morgan fingerprint density at radius 3 is 2.17 bits per heavy atom. The van der Waals surface area contributed by atoms with Gasteiger partial charge in [0.05, 0.1) is 6.61 Å². The zero-order valence-corrected chi connectivity index (χ0v) is 6.37. The molecule has 0 aromatic carbocycles. The molecule has 0 radical (unpaired) electrons. The van der Waals surface area contributed by atoms with Gasteiger partial charge in [0.1, 0.15) is 30.6 Å². The quantitative estimate of drug-likeness (QED) is 0.288. The van der Waals surface area contributed by atoms with Crippen molar-refractivity contribution in [1.82, 2.24) is 0 Å². The molecule has 0 saturated carbocycles. The summed E-state index contributed by atoms with van der Waals surface area (Å²) >= 11 is 0. The number of nitrogens with two attached hydrogens (primary N) is 1. The second-order valence-corrected chi connectivity index (χ2v) is 2.79. The van der Waals surface area contributed by atoms with Crippen LogP contribution in [0.3, 0.4) is 0 Å². The first-order valence-electron chi connectivity index (χ1n) is 3.64. The molecule has 1 heterocycles. The largest absolute Gasteiger partial charge is 0.394 e. The number of aliphatic hydroxyl groups is 4. The summed E-state index contributed by atoms with van der Waals surface area (Å²) in [4.78, 5) is 0. The lowest BCUT2D eigenvalue weighted by Crippen LogP contribution is -2.61. The van der Waals surface area contributed by atoms with Gasteiger partial charge in [0.25, 0.3) is 0 Å². The van der Waals surface area contributed by atoms with Crippen LogP contribution in [0.25, 0.3) is 0 Å². The Balaban J connectivity index is 2.63. The molecule has 0 aromatic rings. The van der Waals surface area contributed by atoms with Crippen molar-refractivity contribution in [3.05, 3.63) is 0 Å². The molecule has 1 rings (SSSR count). The summed E-state index contributed by atoms with van der Waals surface area (Å²) in [6, 6.07) is 0. The molecular weight excluding hydrogens is 166 g/mol. The van der Waals surface area contributed by atoms with Crippen molar-refractivity contribution in [3.8, 4) is 0 Å². The van der Waals surface area contributed by atoms with E-state index in [1.54, 1.807) is 0 Å². The van der Waals surface area contributed by atoms with Crippen LogP contribution in [-0.2, 0) is 4.74 Å². The third-order valence-electron chi connectivity index (χ3n) is 1.93. The molecule has 5 atom stereocenters. The topological polar surface area (TPSA) is 116 Å². The average molecular weight is 179 g/mol. The van der Waals surface area contributed by atoms with Crippen LogP contribution in [0.1, 0.15) is 0 Å². The van der Waals surface area contributed by atoms with E-state index in [-0.39, 0.29) is 0 Å². The SMILES string of the molecule is NC1O[C@H](CO)[C@@H](O)[C@@H](O)[C@@H]1O. The van der Waals surface area contributed by atoms with Crippen molar-refractivity contribution in [3.63, 3.8) is 0 Å². The minimum atomic E-state index is -1.37. The van der Waals surface area contributed by atoms with Crippen LogP contribution in [0.15, 0.2) is 0 Å². The molecule has 1 unspecified atom stereocenters. The van der Waals surface area contributed by atoms with E-state index < -0.39 is 37.3 Å². The van der Waals surface area contributed by atoms with Crippen molar-refractivity contribution in [2.75, 3.05) is 6.61 Å². The lowest BCUT2D eigenvalue weighted by Gasteiger charge is -2.38. The van der Waals surface area contributed by atoms with E-state index in [9.17, 15) is 5.11 Å². The molecular formula is C6H13NO5. The Bertz CT molecular complexity index is 150. The summed E-state index contributed by atoms with van der Waals surface area (Å²) in [5.41, 5.74) is 5.24. The van der Waals surface area contributed by atoms with Gasteiger partial charge in [-0.05, 0) is 0 Å². The smallest absolute Gasteiger partial charge is 0.135 e. The van der Waals surface area contributed by atoms with Gasteiger partial charge in [0, 0.05) is 0 Å². The fourth-order valence-corrected chi connectivity index (χ4v) is 1.13. The number of ether oxygens (including phenoxy) is 1. The predicted octanol–water partition coefficient (Wildman–Crippen LogP) is -3.25. The molecule has 0 spiro atoms. The van der Waals surface area contributed by atoms with Gasteiger partial charge in [-0.15, -0.1) is 0 Å². The van der Waals surface area contributed by atoms with Gasteiger partial charge in [0.15, 0.2) is 0 Å². The van der Waals surface area contributed by atoms with Crippen LogP contribution in [0.5, 0.6) is 0 Å². The highest BCUT2D eigenvalue weighted by atomic mass is 16.6. The third-order valence-corrected chi connectivity index (χ3v) is 1.93. The third kappa shape index (κ3) is 1.58. The molecule has 6 heteroatoms. The second-order valence-electron chi connectivity index (χ2n) is 2.79. The van der Waals surface area contributed by atoms with Crippen LogP contribution < -0.4 is 5.73 Å². The van der Waals surface area contributed by atoms with Crippen molar-refractivity contribution >= 4 is 0 Å². The van der Waals surface area contributed by atoms with Gasteiger partial charge in [-0.1, -0.05) is 0 Å². The molecule has 6 N–H and O–H groups in total. The fraction of sp³-hybridized carbons (Fsp3) is 1.00. The molecule has 0 bridgehead atoms. The van der Waals surface area contributed by atoms with Gasteiger partial charge < -0.3 is 30.9 Å². The number of aliphatic hydroxyl groups excluding tert-OH is 4. The Labute approximate surface area is 69.2 Å². The number of rotatable bonds is 1. The van der Waals surface area contributed by atoms with Gasteiger partial charge in [-0.25, -0.2) is 0 Å². The van der Waals surface area contributed by atoms with E-state index in [2.05, 4.69) is 0 Å². The van der Waals surface area contributed by atoms with Gasteiger partial charge in [0.2, 0.25) is 0 Å². The Kier molecular flexibility index (Phi) is 2.99. The summed E-state index contributed by atoms with van der Waals surface area (Å²) in [5.74, 6) is 0. The molecule has 1 saturated heterocycles. The predicted molar refractivity (Wildman–Crippen MR) is 38.0 cm³/mol. The highest BCUT2D eigenvalue weighted by molar-refractivity contribution is 4.89. The van der Waals surface area contributed by atoms with Gasteiger partial charge in [-0.2, -0.15) is 0 Å². The van der Waals surface area contributed by atoms with Crippen molar-refractivity contribution in [2.45, 2.75) is 30.6 Å². The Morgan fingerprint density at radius 1 is 1.08 bits per heavy atom. The fourth-order valence-electron chi connectivity index (χ4n) is 1.13. The monoisotopic (exact) mass is 179 g/mol. The number of hydrogen-bond acceptors (Lipinski definition) is 6. The molecule has 1 aliphatic heterocycles. The van der Waals surface area contributed by atoms with E-state index in [0.717, 1.165) is 0 Å². The molecule has 1 aliphatic rings. The standard InChI is InChI=1S/C6H13NO5/c7-6-5(11)4(10)3(9)2(1-8)12-6/h2-6,8-11H,1,7H2/t2-,3-,4-,5+,6?/m1/s1. The first-order chi connectivity index (χ1) is 5.57. The molecule has 6 nitrogen and oxygen atoms in total. The average Bonchev–Trinajstić information content (AvgIpc) is 2.08. The summed E-state index contributed by atoms with van der Waals surface area (Å²) in [5, 5.41) is 36.1. The molecule has 1 fully saturated rings. The van der Waals surface area contributed by atoms with Crippen LogP contribution in [-0.4, -0.2) is 57.7 Å². The van der Waals surface area contributed by atoms with Crippen LogP contribution in [0.4, 0.5) is 0 Å². The van der Waals surface area contributed by atoms with E-state index in [4.69, 9.17) is 25.8 Å². The minimum absolute atomic E-state index is 0.446. The van der Waals surface area contributed by atoms with Crippen molar-refractivity contribution in [1.29, 1.82) is 0 Å². The maximum Gasteiger partial charge on any atom is 0.135 e. The maximum atomic E-state index is 9.18. The lowest BCUT2D eigenvalue weighted by atomic mass is 9.99. The molecule has 0 amide bonds. The van der Waals surface area contributed by atoms with E-state index in [0.29, 0.717) is 0 Å². The molecule has 0 aliphatic carbocycles. The first-order valence-corrected chi connectivity index (χ1v) is 3.64. The van der Waals surface area contributed by atoms with Crippen LogP contribution in [0.2, 0.25) is 0 Å². The van der Waals surface area contributed by atoms with Crippen LogP contribution >= 0.6 is 0 Å². The first kappa shape index (κ1) is 9.85. The maximum absolute atomic E-state index is 9.18. The molecule has 12 heavy (non-hydrogen) atoms. The second kappa shape index (κ2) is 3.65. The zero-order valence-electron chi connectivity index (χ0n) is 6.37. The highest BCUT2D eigenvalue weighted by Crippen LogP contribution is 2.17. The minimum Gasteiger partial charge on any atom is -0.394 e. The number of hydrogen-bond donors (Lipinski definition) is 5. The summed E-state index contributed by atoms with van der Waals surface area (Å²) in [6.45, 7) is -0.446. The highest BCUT2D eigenvalue weighted by Gasteiger charge is 2.41. The summed E-state index contributed by atoms with van der Waals surface area (Å²) in [7, 11) is 0. The summed E-state index contributed by atoms with van der Waals surface area (Å²) in [6.07, 6.45) is -5.99. The van der Waals surface area contributed by atoms with Crippen LogP contribution in [0, 0.1) is 0 Å². The van der Waals surface area contributed by atoms with E-state index in [1.165, 1.54) is 0 Å². The van der Waals surface area contributed by atoms with Gasteiger partial charge >= 0.3 is 0 Å². The van der Waals surface area contributed by atoms with Crippen molar-refractivity contribution < 1.29 is 25.2 Å². The van der Waals surface area contributed by atoms with Crippen molar-refractivity contribution in [2.24, 2.45) is 5.73 Å². The van der Waals surface area contributed by atoms with E-state index >= 15 is 0 Å². The van der Waals surface area contributed by atoms with Gasteiger partial charge in [-0.3, -0.25) is 0 Å². The molecule has 72 valence electrons. The Hall–Kier alpha value is -0.240. The normalized spacial score (nSPS) is 49.2. The zero-order chi connectivity index (χ0) is 9.30.